The molecule has 7 heteroatoms. The number of piperidine rings is 1. The lowest BCUT2D eigenvalue weighted by Gasteiger charge is -2.33. The van der Waals surface area contributed by atoms with E-state index in [1.165, 1.54) is 6.42 Å². The maximum atomic E-state index is 12.7. The first-order chi connectivity index (χ1) is 11.1. The van der Waals surface area contributed by atoms with Gasteiger partial charge in [-0.05, 0) is 44.4 Å². The summed E-state index contributed by atoms with van der Waals surface area (Å²) >= 11 is 1.61. The van der Waals surface area contributed by atoms with E-state index in [1.807, 2.05) is 18.2 Å². The quantitative estimate of drug-likeness (QED) is 0.786. The fourth-order valence-corrected chi connectivity index (χ4v) is 4.28. The summed E-state index contributed by atoms with van der Waals surface area (Å²) in [4.78, 5) is 17.0. The van der Waals surface area contributed by atoms with Crippen LogP contribution in [-0.4, -0.2) is 62.9 Å². The molecule has 1 amide bonds. The van der Waals surface area contributed by atoms with Crippen molar-refractivity contribution in [3.05, 3.63) is 5.82 Å². The van der Waals surface area contributed by atoms with E-state index in [9.17, 15) is 4.79 Å². The molecule has 1 aromatic rings. The Balaban J connectivity index is 1.67. The van der Waals surface area contributed by atoms with Crippen LogP contribution < -0.4 is 0 Å². The van der Waals surface area contributed by atoms with E-state index in [1.54, 1.807) is 11.8 Å². The van der Waals surface area contributed by atoms with Gasteiger partial charge >= 0.3 is 0 Å². The van der Waals surface area contributed by atoms with E-state index in [2.05, 4.69) is 26.6 Å². The van der Waals surface area contributed by atoms with Crippen molar-refractivity contribution >= 4 is 17.7 Å². The number of carbonyl (C=O) groups excluding carboxylic acids is 1. The smallest absolute Gasteiger partial charge is 0.236 e. The monoisotopic (exact) mass is 337 g/mol. The maximum Gasteiger partial charge on any atom is 0.236 e. The second-order valence-electron chi connectivity index (χ2n) is 6.82. The first kappa shape index (κ1) is 16.8. The molecule has 2 aliphatic heterocycles. The number of aromatic nitrogens is 3. The van der Waals surface area contributed by atoms with Crippen molar-refractivity contribution in [2.75, 3.05) is 32.4 Å². The molecule has 0 radical (unpaired) electrons. The number of amides is 1. The van der Waals surface area contributed by atoms with Crippen LogP contribution in [0.25, 0.3) is 0 Å². The lowest BCUT2D eigenvalue weighted by Crippen LogP contribution is -2.44. The molecule has 0 spiro atoms. The normalized spacial score (nSPS) is 26.0. The molecule has 3 heterocycles. The Morgan fingerprint density at radius 1 is 1.26 bits per heavy atom. The highest BCUT2D eigenvalue weighted by Gasteiger charge is 2.33. The predicted molar refractivity (Wildman–Crippen MR) is 91.3 cm³/mol. The van der Waals surface area contributed by atoms with E-state index < -0.39 is 0 Å². The van der Waals surface area contributed by atoms with Gasteiger partial charge in [0, 0.05) is 20.1 Å². The van der Waals surface area contributed by atoms with Gasteiger partial charge in [-0.1, -0.05) is 18.7 Å². The summed E-state index contributed by atoms with van der Waals surface area (Å²) in [5.74, 6) is 1.90. The summed E-state index contributed by atoms with van der Waals surface area (Å²) in [5.41, 5.74) is 0. The van der Waals surface area contributed by atoms with Crippen molar-refractivity contribution < 1.29 is 4.79 Å². The summed E-state index contributed by atoms with van der Waals surface area (Å²) in [5, 5.41) is 9.56. The van der Waals surface area contributed by atoms with Crippen molar-refractivity contribution in [3.8, 4) is 0 Å². The molecule has 0 unspecified atom stereocenters. The molecule has 3 rings (SSSR count). The molecule has 2 fully saturated rings. The highest BCUT2D eigenvalue weighted by atomic mass is 32.2. The van der Waals surface area contributed by atoms with Crippen molar-refractivity contribution in [2.45, 2.75) is 43.8 Å². The number of hydrogen-bond acceptors (Lipinski definition) is 5. The number of thioether (sulfide) groups is 1. The standard InChI is InChI=1S/C16H27N5OS/c1-12-6-4-9-21(10-12)14(22)11-20-8-5-7-13(20)15-17-18-16(23-3)19(15)2/h12-13H,4-11H2,1-3H3/t12-,13+/m0/s1. The zero-order valence-electron chi connectivity index (χ0n) is 14.4. The van der Waals surface area contributed by atoms with Gasteiger partial charge in [0.25, 0.3) is 0 Å². The van der Waals surface area contributed by atoms with Crippen LogP contribution in [0.1, 0.15) is 44.5 Å². The van der Waals surface area contributed by atoms with Crippen LogP contribution in [0.3, 0.4) is 0 Å². The number of likely N-dealkylation sites (tertiary alicyclic amines) is 2. The number of carbonyl (C=O) groups is 1. The molecule has 1 aromatic heterocycles. The average Bonchev–Trinajstić information content (AvgIpc) is 3.13. The van der Waals surface area contributed by atoms with Crippen LogP contribution in [0.4, 0.5) is 0 Å². The minimum Gasteiger partial charge on any atom is -0.341 e. The van der Waals surface area contributed by atoms with Gasteiger partial charge in [-0.3, -0.25) is 9.69 Å². The second-order valence-corrected chi connectivity index (χ2v) is 7.59. The van der Waals surface area contributed by atoms with Gasteiger partial charge in [-0.25, -0.2) is 0 Å². The molecule has 0 N–H and O–H groups in total. The molecule has 23 heavy (non-hydrogen) atoms. The lowest BCUT2D eigenvalue weighted by molar-refractivity contribution is -0.134. The molecule has 2 aliphatic rings. The SMILES string of the molecule is CSc1nnc([C@H]2CCCN2CC(=O)N2CCC[C@H](C)C2)n1C. The fraction of sp³-hybridized carbons (Fsp3) is 0.812. The highest BCUT2D eigenvalue weighted by molar-refractivity contribution is 7.98. The Morgan fingerprint density at radius 2 is 2.04 bits per heavy atom. The summed E-state index contributed by atoms with van der Waals surface area (Å²) < 4.78 is 2.07. The van der Waals surface area contributed by atoms with Crippen LogP contribution in [0.15, 0.2) is 5.16 Å². The molecule has 0 saturated carbocycles. The summed E-state index contributed by atoms with van der Waals surface area (Å²) in [6.07, 6.45) is 6.57. The minimum atomic E-state index is 0.222. The van der Waals surface area contributed by atoms with Crippen LogP contribution >= 0.6 is 11.8 Å². The van der Waals surface area contributed by atoms with E-state index in [-0.39, 0.29) is 11.9 Å². The number of hydrogen-bond donors (Lipinski definition) is 0. The van der Waals surface area contributed by atoms with E-state index in [4.69, 9.17) is 0 Å². The molecule has 2 atom stereocenters. The van der Waals surface area contributed by atoms with Gasteiger partial charge in [-0.2, -0.15) is 0 Å². The van der Waals surface area contributed by atoms with Gasteiger partial charge in [0.2, 0.25) is 5.91 Å². The summed E-state index contributed by atoms with van der Waals surface area (Å²) in [7, 11) is 2.02. The molecule has 2 saturated heterocycles. The Kier molecular flexibility index (Phi) is 5.26. The largest absolute Gasteiger partial charge is 0.341 e. The first-order valence-corrected chi connectivity index (χ1v) is 9.77. The van der Waals surface area contributed by atoms with Gasteiger partial charge < -0.3 is 9.47 Å². The van der Waals surface area contributed by atoms with Gasteiger partial charge in [-0.15, -0.1) is 10.2 Å². The summed E-state index contributed by atoms with van der Waals surface area (Å²) in [6.45, 7) is 5.56. The third-order valence-electron chi connectivity index (χ3n) is 5.06. The maximum absolute atomic E-state index is 12.7. The van der Waals surface area contributed by atoms with Gasteiger partial charge in [0.05, 0.1) is 12.6 Å². The summed E-state index contributed by atoms with van der Waals surface area (Å²) in [6, 6.07) is 0.222. The van der Waals surface area contributed by atoms with Crippen LogP contribution in [0.5, 0.6) is 0 Å². The van der Waals surface area contributed by atoms with Crippen LogP contribution in [-0.2, 0) is 11.8 Å². The first-order valence-electron chi connectivity index (χ1n) is 8.55. The number of rotatable bonds is 4. The Hall–Kier alpha value is -1.08. The van der Waals surface area contributed by atoms with Crippen LogP contribution in [0, 0.1) is 5.92 Å². The zero-order chi connectivity index (χ0) is 16.4. The Labute approximate surface area is 142 Å². The predicted octanol–water partition coefficient (Wildman–Crippen LogP) is 1.93. The molecule has 0 bridgehead atoms. The molecule has 128 valence electrons. The van der Waals surface area contributed by atoms with Gasteiger partial charge in [0.15, 0.2) is 11.0 Å². The zero-order valence-corrected chi connectivity index (χ0v) is 15.2. The molecule has 0 aliphatic carbocycles. The molecule has 0 aromatic carbocycles. The third-order valence-corrected chi connectivity index (χ3v) is 5.78. The Bertz CT molecular complexity index is 561. The Morgan fingerprint density at radius 3 is 2.74 bits per heavy atom. The van der Waals surface area contributed by atoms with Gasteiger partial charge in [0.1, 0.15) is 0 Å². The highest BCUT2D eigenvalue weighted by Crippen LogP contribution is 2.31. The molecular weight excluding hydrogens is 310 g/mol. The second kappa shape index (κ2) is 7.21. The van der Waals surface area contributed by atoms with E-state index >= 15 is 0 Å². The lowest BCUT2D eigenvalue weighted by atomic mass is 10.0. The fourth-order valence-electron chi connectivity index (χ4n) is 3.79. The average molecular weight is 337 g/mol. The molecule has 6 nitrogen and oxygen atoms in total. The van der Waals surface area contributed by atoms with E-state index in [0.717, 1.165) is 49.9 Å². The van der Waals surface area contributed by atoms with Crippen molar-refractivity contribution in [1.29, 1.82) is 0 Å². The number of nitrogens with zero attached hydrogens (tertiary/aromatic N) is 5. The van der Waals surface area contributed by atoms with Crippen LogP contribution in [0.2, 0.25) is 0 Å². The van der Waals surface area contributed by atoms with E-state index in [0.29, 0.717) is 12.5 Å². The third kappa shape index (κ3) is 3.55. The van der Waals surface area contributed by atoms with Crippen molar-refractivity contribution in [2.24, 2.45) is 13.0 Å². The van der Waals surface area contributed by atoms with Crippen molar-refractivity contribution in [3.63, 3.8) is 0 Å². The molecular formula is C16H27N5OS. The minimum absolute atomic E-state index is 0.222. The topological polar surface area (TPSA) is 54.3 Å². The van der Waals surface area contributed by atoms with Crippen molar-refractivity contribution in [1.82, 2.24) is 24.6 Å².